The molecule has 4 rings (SSSR count). The minimum absolute atomic E-state index is 0.634. The number of para-hydroxylation sites is 1. The molecule has 0 amide bonds. The number of nitrogens with zero attached hydrogens (tertiary/aromatic N) is 3. The second-order valence-electron chi connectivity index (χ2n) is 5.21. The lowest BCUT2D eigenvalue weighted by molar-refractivity contribution is 0.899. The average molecular weight is 277 g/mol. The Balaban J connectivity index is 1.88. The number of aryl methyl sites for hydroxylation is 1. The third-order valence-electron chi connectivity index (χ3n) is 3.90. The fourth-order valence-corrected chi connectivity index (χ4v) is 2.86. The highest BCUT2D eigenvalue weighted by Gasteiger charge is 2.19. The summed E-state index contributed by atoms with van der Waals surface area (Å²) in [4.78, 5) is 13.9. The molecule has 0 atom stereocenters. The Morgan fingerprint density at radius 2 is 1.86 bits per heavy atom. The van der Waals surface area contributed by atoms with Crippen molar-refractivity contribution in [3.63, 3.8) is 0 Å². The number of pyridine rings is 1. The largest absolute Gasteiger partial charge is 0.308 e. The van der Waals surface area contributed by atoms with E-state index in [0.29, 0.717) is 5.82 Å². The molecule has 5 nitrogen and oxygen atoms in total. The van der Waals surface area contributed by atoms with Crippen LogP contribution in [0.4, 0.5) is 5.82 Å². The summed E-state index contributed by atoms with van der Waals surface area (Å²) in [5.74, 6) is 6.96. The van der Waals surface area contributed by atoms with Crippen LogP contribution >= 0.6 is 0 Å². The maximum atomic E-state index is 5.60. The number of fused-ring (bicyclic) bond motifs is 2. The number of hydrogen-bond donors (Lipinski definition) is 2. The van der Waals surface area contributed by atoms with E-state index in [-0.39, 0.29) is 0 Å². The number of hydrazine groups is 1. The first-order chi connectivity index (χ1) is 10.3. The Kier molecular flexibility index (Phi) is 2.79. The number of nitrogen functional groups attached to an aromatic ring is 1. The van der Waals surface area contributed by atoms with E-state index in [9.17, 15) is 0 Å². The van der Waals surface area contributed by atoms with Gasteiger partial charge in [-0.1, -0.05) is 24.3 Å². The highest BCUT2D eigenvalue weighted by atomic mass is 15.3. The molecule has 0 saturated heterocycles. The van der Waals surface area contributed by atoms with Crippen molar-refractivity contribution < 1.29 is 0 Å². The summed E-state index contributed by atoms with van der Waals surface area (Å²) in [5, 5.41) is 1.11. The van der Waals surface area contributed by atoms with Crippen LogP contribution in [0.1, 0.15) is 17.7 Å². The van der Waals surface area contributed by atoms with Crippen LogP contribution in [0.15, 0.2) is 36.4 Å². The van der Waals surface area contributed by atoms with Crippen LogP contribution in [0.2, 0.25) is 0 Å². The number of hydrogen-bond acceptors (Lipinski definition) is 5. The van der Waals surface area contributed by atoms with Crippen LogP contribution in [0.25, 0.3) is 22.4 Å². The fourth-order valence-electron chi connectivity index (χ4n) is 2.86. The van der Waals surface area contributed by atoms with Crippen LogP contribution in [0.5, 0.6) is 0 Å². The summed E-state index contributed by atoms with van der Waals surface area (Å²) in [6, 6.07) is 12.0. The average Bonchev–Trinajstić information content (AvgIpc) is 3.02. The van der Waals surface area contributed by atoms with E-state index in [1.807, 2.05) is 36.4 Å². The molecule has 1 aliphatic carbocycles. The molecule has 1 aliphatic rings. The molecule has 5 heteroatoms. The van der Waals surface area contributed by atoms with Gasteiger partial charge in [-0.25, -0.2) is 20.8 Å². The van der Waals surface area contributed by atoms with Gasteiger partial charge in [-0.2, -0.15) is 0 Å². The number of rotatable bonds is 2. The molecule has 0 bridgehead atoms. The first kappa shape index (κ1) is 12.2. The number of anilines is 1. The van der Waals surface area contributed by atoms with Crippen molar-refractivity contribution in [1.29, 1.82) is 0 Å². The van der Waals surface area contributed by atoms with E-state index in [1.54, 1.807) is 0 Å². The lowest BCUT2D eigenvalue weighted by Crippen LogP contribution is -2.13. The summed E-state index contributed by atoms with van der Waals surface area (Å²) < 4.78 is 0. The lowest BCUT2D eigenvalue weighted by Gasteiger charge is -2.09. The SMILES string of the molecule is NNc1nc(-c2ccc3ccccc3n2)nc2c1CCC2. The fraction of sp³-hybridized carbons (Fsp3) is 0.188. The van der Waals surface area contributed by atoms with E-state index in [1.165, 1.54) is 0 Å². The highest BCUT2D eigenvalue weighted by molar-refractivity contribution is 5.80. The predicted octanol–water partition coefficient (Wildman–Crippen LogP) is 2.47. The molecule has 0 aliphatic heterocycles. The predicted molar refractivity (Wildman–Crippen MR) is 82.6 cm³/mol. The van der Waals surface area contributed by atoms with Crippen molar-refractivity contribution in [2.75, 3.05) is 5.43 Å². The van der Waals surface area contributed by atoms with Crippen molar-refractivity contribution in [2.24, 2.45) is 5.84 Å². The van der Waals surface area contributed by atoms with Crippen molar-refractivity contribution in [1.82, 2.24) is 15.0 Å². The molecular weight excluding hydrogens is 262 g/mol. The number of nitrogens with two attached hydrogens (primary N) is 1. The Bertz CT molecular complexity index is 828. The van der Waals surface area contributed by atoms with Gasteiger partial charge in [0.1, 0.15) is 11.5 Å². The molecule has 0 saturated carbocycles. The second-order valence-corrected chi connectivity index (χ2v) is 5.21. The van der Waals surface area contributed by atoms with E-state index in [0.717, 1.165) is 52.9 Å². The molecule has 3 N–H and O–H groups in total. The Hall–Kier alpha value is -2.53. The molecule has 1 aromatic carbocycles. The molecule has 104 valence electrons. The van der Waals surface area contributed by atoms with Crippen molar-refractivity contribution in [3.05, 3.63) is 47.7 Å². The minimum Gasteiger partial charge on any atom is -0.308 e. The Morgan fingerprint density at radius 3 is 2.76 bits per heavy atom. The molecule has 0 unspecified atom stereocenters. The van der Waals surface area contributed by atoms with E-state index in [4.69, 9.17) is 5.84 Å². The van der Waals surface area contributed by atoms with Gasteiger partial charge < -0.3 is 5.43 Å². The third-order valence-corrected chi connectivity index (χ3v) is 3.90. The van der Waals surface area contributed by atoms with Crippen LogP contribution in [0, 0.1) is 0 Å². The van der Waals surface area contributed by atoms with Crippen molar-refractivity contribution >= 4 is 16.7 Å². The van der Waals surface area contributed by atoms with Crippen LogP contribution in [0.3, 0.4) is 0 Å². The number of nitrogens with one attached hydrogen (secondary N) is 1. The van der Waals surface area contributed by atoms with Gasteiger partial charge in [0.15, 0.2) is 5.82 Å². The number of aromatic nitrogens is 3. The maximum Gasteiger partial charge on any atom is 0.180 e. The topological polar surface area (TPSA) is 76.7 Å². The first-order valence-electron chi connectivity index (χ1n) is 7.08. The molecule has 3 aromatic rings. The zero-order chi connectivity index (χ0) is 14.2. The zero-order valence-electron chi connectivity index (χ0n) is 11.5. The summed E-state index contributed by atoms with van der Waals surface area (Å²) in [5.41, 5.74) is 6.65. The van der Waals surface area contributed by atoms with E-state index < -0.39 is 0 Å². The van der Waals surface area contributed by atoms with E-state index >= 15 is 0 Å². The zero-order valence-corrected chi connectivity index (χ0v) is 11.5. The first-order valence-corrected chi connectivity index (χ1v) is 7.08. The molecule has 2 aromatic heterocycles. The van der Waals surface area contributed by atoms with Crippen LogP contribution in [-0.2, 0) is 12.8 Å². The van der Waals surface area contributed by atoms with Gasteiger partial charge in [0, 0.05) is 16.6 Å². The van der Waals surface area contributed by atoms with Crippen molar-refractivity contribution in [2.45, 2.75) is 19.3 Å². The van der Waals surface area contributed by atoms with Gasteiger partial charge in [0.25, 0.3) is 0 Å². The number of benzene rings is 1. The summed E-state index contributed by atoms with van der Waals surface area (Å²) >= 11 is 0. The van der Waals surface area contributed by atoms with Gasteiger partial charge in [-0.05, 0) is 31.4 Å². The van der Waals surface area contributed by atoms with Crippen LogP contribution < -0.4 is 11.3 Å². The van der Waals surface area contributed by atoms with Gasteiger partial charge in [-0.15, -0.1) is 0 Å². The molecule has 21 heavy (non-hydrogen) atoms. The second kappa shape index (κ2) is 4.79. The molecule has 2 heterocycles. The van der Waals surface area contributed by atoms with Gasteiger partial charge in [-0.3, -0.25) is 0 Å². The van der Waals surface area contributed by atoms with Gasteiger partial charge in [0.2, 0.25) is 0 Å². The summed E-state index contributed by atoms with van der Waals surface area (Å²) in [7, 11) is 0. The maximum absolute atomic E-state index is 5.60. The summed E-state index contributed by atoms with van der Waals surface area (Å²) in [6.45, 7) is 0. The monoisotopic (exact) mass is 277 g/mol. The van der Waals surface area contributed by atoms with Gasteiger partial charge >= 0.3 is 0 Å². The third kappa shape index (κ3) is 2.02. The normalized spacial score (nSPS) is 13.4. The highest BCUT2D eigenvalue weighted by Crippen LogP contribution is 2.28. The standard InChI is InChI=1S/C16H15N5/c17-21-15-11-5-3-7-13(11)19-16(20-15)14-9-8-10-4-1-2-6-12(10)18-14/h1-2,4,6,8-9H,3,5,7,17H2,(H,19,20,21). The minimum atomic E-state index is 0.634. The summed E-state index contributed by atoms with van der Waals surface area (Å²) in [6.07, 6.45) is 3.07. The molecule has 0 spiro atoms. The Labute approximate surface area is 122 Å². The van der Waals surface area contributed by atoms with Gasteiger partial charge in [0.05, 0.1) is 5.52 Å². The smallest absolute Gasteiger partial charge is 0.180 e. The molecular formula is C16H15N5. The molecule has 0 fully saturated rings. The van der Waals surface area contributed by atoms with Crippen molar-refractivity contribution in [3.8, 4) is 11.5 Å². The lowest BCUT2D eigenvalue weighted by atomic mass is 10.2. The Morgan fingerprint density at radius 1 is 0.952 bits per heavy atom. The van der Waals surface area contributed by atoms with E-state index in [2.05, 4.69) is 20.4 Å². The van der Waals surface area contributed by atoms with Crippen LogP contribution in [-0.4, -0.2) is 15.0 Å². The quantitative estimate of drug-likeness (QED) is 0.556. The molecule has 0 radical (unpaired) electrons.